The van der Waals surface area contributed by atoms with Crippen molar-refractivity contribution in [2.75, 3.05) is 10.2 Å². The van der Waals surface area contributed by atoms with E-state index >= 15 is 0 Å². The number of amides is 1. The fraction of sp³-hybridized carbons (Fsp3) is 0.316. The van der Waals surface area contributed by atoms with E-state index in [0.29, 0.717) is 0 Å². The second-order valence-electron chi connectivity index (χ2n) is 6.18. The van der Waals surface area contributed by atoms with Crippen LogP contribution < -0.4 is 10.2 Å². The highest BCUT2D eigenvalue weighted by Gasteiger charge is 2.37. The Bertz CT molecular complexity index is 714. The van der Waals surface area contributed by atoms with E-state index in [0.717, 1.165) is 22.0 Å². The highest BCUT2D eigenvalue weighted by Crippen LogP contribution is 2.42. The van der Waals surface area contributed by atoms with Gasteiger partial charge in [-0.2, -0.15) is 0 Å². The van der Waals surface area contributed by atoms with Gasteiger partial charge in [-0.25, -0.2) is 0 Å². The number of nitrogens with one attached hydrogen (secondary N) is 1. The van der Waals surface area contributed by atoms with Gasteiger partial charge in [-0.1, -0.05) is 36.7 Å². The number of halogens is 1. The average Bonchev–Trinajstić information content (AvgIpc) is 2.53. The lowest BCUT2D eigenvalue weighted by Gasteiger charge is -2.44. The van der Waals surface area contributed by atoms with Crippen molar-refractivity contribution in [2.45, 2.75) is 32.9 Å². The topological polar surface area (TPSA) is 32.3 Å². The standard InChI is InChI=1S/C19H21ClN2O/c1-12-13(2)22(14(3)23)18-7-5-4-6-17(18)19(12)21-16-10-8-15(20)9-11-16/h4-13,19,21H,1-3H3/t12-,13-,19+/m0/s1. The third-order valence-corrected chi connectivity index (χ3v) is 4.98. The van der Waals surface area contributed by atoms with Crippen LogP contribution in [-0.4, -0.2) is 11.9 Å². The van der Waals surface area contributed by atoms with E-state index in [1.807, 2.05) is 47.4 Å². The lowest BCUT2D eigenvalue weighted by atomic mass is 9.82. The van der Waals surface area contributed by atoms with Gasteiger partial charge in [0.15, 0.2) is 0 Å². The molecule has 0 saturated heterocycles. The molecule has 120 valence electrons. The molecule has 0 bridgehead atoms. The van der Waals surface area contributed by atoms with Crippen molar-refractivity contribution in [1.82, 2.24) is 0 Å². The fourth-order valence-electron chi connectivity index (χ4n) is 3.38. The Morgan fingerprint density at radius 2 is 1.74 bits per heavy atom. The number of carbonyl (C=O) groups is 1. The van der Waals surface area contributed by atoms with Gasteiger partial charge in [0, 0.05) is 35.3 Å². The molecule has 0 aliphatic carbocycles. The van der Waals surface area contributed by atoms with Crippen LogP contribution in [0.25, 0.3) is 0 Å². The van der Waals surface area contributed by atoms with Gasteiger partial charge in [0.25, 0.3) is 0 Å². The number of anilines is 2. The molecular formula is C19H21ClN2O. The van der Waals surface area contributed by atoms with Crippen LogP contribution in [0.4, 0.5) is 11.4 Å². The molecule has 2 aromatic rings. The van der Waals surface area contributed by atoms with Gasteiger partial charge in [0.05, 0.1) is 6.04 Å². The summed E-state index contributed by atoms with van der Waals surface area (Å²) < 4.78 is 0. The van der Waals surface area contributed by atoms with E-state index in [1.54, 1.807) is 6.92 Å². The molecule has 0 fully saturated rings. The fourth-order valence-corrected chi connectivity index (χ4v) is 3.50. The summed E-state index contributed by atoms with van der Waals surface area (Å²) in [7, 11) is 0. The molecule has 3 atom stereocenters. The van der Waals surface area contributed by atoms with E-state index in [1.165, 1.54) is 0 Å². The van der Waals surface area contributed by atoms with Gasteiger partial charge in [0.1, 0.15) is 0 Å². The van der Waals surface area contributed by atoms with Crippen LogP contribution in [-0.2, 0) is 4.79 Å². The van der Waals surface area contributed by atoms with Crippen molar-refractivity contribution in [3.8, 4) is 0 Å². The maximum absolute atomic E-state index is 12.1. The number of benzene rings is 2. The number of hydrogen-bond donors (Lipinski definition) is 1. The Balaban J connectivity index is 2.01. The molecule has 3 rings (SSSR count). The van der Waals surface area contributed by atoms with E-state index in [-0.39, 0.29) is 23.9 Å². The molecule has 2 aromatic carbocycles. The van der Waals surface area contributed by atoms with Gasteiger partial charge in [-0.3, -0.25) is 4.79 Å². The first-order valence-electron chi connectivity index (χ1n) is 7.90. The molecule has 3 nitrogen and oxygen atoms in total. The number of para-hydroxylation sites is 1. The van der Waals surface area contributed by atoms with Crippen LogP contribution in [0.15, 0.2) is 48.5 Å². The second kappa shape index (κ2) is 6.25. The van der Waals surface area contributed by atoms with Crippen LogP contribution in [0.5, 0.6) is 0 Å². The monoisotopic (exact) mass is 328 g/mol. The Labute approximate surface area is 142 Å². The molecule has 0 aromatic heterocycles. The molecule has 1 amide bonds. The summed E-state index contributed by atoms with van der Waals surface area (Å²) in [5.41, 5.74) is 3.19. The number of nitrogens with zero attached hydrogens (tertiary/aromatic N) is 1. The number of hydrogen-bond acceptors (Lipinski definition) is 2. The normalized spacial score (nSPS) is 23.3. The van der Waals surface area contributed by atoms with Crippen molar-refractivity contribution in [2.24, 2.45) is 5.92 Å². The zero-order valence-electron chi connectivity index (χ0n) is 13.6. The Morgan fingerprint density at radius 1 is 1.09 bits per heavy atom. The summed E-state index contributed by atoms with van der Waals surface area (Å²) in [6.45, 7) is 5.93. The highest BCUT2D eigenvalue weighted by atomic mass is 35.5. The molecule has 1 N–H and O–H groups in total. The minimum atomic E-state index is 0.0849. The molecule has 0 saturated carbocycles. The van der Waals surface area contributed by atoms with Gasteiger partial charge in [-0.05, 0) is 42.8 Å². The maximum atomic E-state index is 12.1. The molecule has 4 heteroatoms. The van der Waals surface area contributed by atoms with Crippen molar-refractivity contribution in [3.63, 3.8) is 0 Å². The van der Waals surface area contributed by atoms with Crippen LogP contribution >= 0.6 is 11.6 Å². The van der Waals surface area contributed by atoms with Crippen molar-refractivity contribution < 1.29 is 4.79 Å². The first-order chi connectivity index (χ1) is 11.0. The van der Waals surface area contributed by atoms with E-state index in [2.05, 4.69) is 25.2 Å². The lowest BCUT2D eigenvalue weighted by molar-refractivity contribution is -0.117. The van der Waals surface area contributed by atoms with E-state index < -0.39 is 0 Å². The predicted octanol–water partition coefficient (Wildman–Crippen LogP) is 4.88. The molecule has 1 aliphatic rings. The zero-order valence-corrected chi connectivity index (χ0v) is 14.3. The summed E-state index contributed by atoms with van der Waals surface area (Å²) in [6.07, 6.45) is 0. The SMILES string of the molecule is CC(=O)N1c2ccccc2[C@H](Nc2ccc(Cl)cc2)[C@@H](C)[C@@H]1C. The Morgan fingerprint density at radius 3 is 2.39 bits per heavy atom. The third-order valence-electron chi connectivity index (χ3n) is 4.73. The van der Waals surface area contributed by atoms with Gasteiger partial charge < -0.3 is 10.2 Å². The van der Waals surface area contributed by atoms with Crippen molar-refractivity contribution >= 4 is 28.9 Å². The number of rotatable bonds is 2. The molecule has 1 heterocycles. The van der Waals surface area contributed by atoms with Crippen LogP contribution in [0.3, 0.4) is 0 Å². The van der Waals surface area contributed by atoms with Gasteiger partial charge in [0.2, 0.25) is 5.91 Å². The molecule has 1 aliphatic heterocycles. The van der Waals surface area contributed by atoms with Gasteiger partial charge in [-0.15, -0.1) is 0 Å². The molecule has 0 unspecified atom stereocenters. The first-order valence-corrected chi connectivity index (χ1v) is 8.27. The summed E-state index contributed by atoms with van der Waals surface area (Å²) >= 11 is 5.97. The molecule has 0 spiro atoms. The van der Waals surface area contributed by atoms with Crippen LogP contribution in [0.1, 0.15) is 32.4 Å². The summed E-state index contributed by atoms with van der Waals surface area (Å²) in [5.74, 6) is 0.367. The van der Waals surface area contributed by atoms with Gasteiger partial charge >= 0.3 is 0 Å². The quantitative estimate of drug-likeness (QED) is 0.851. The number of fused-ring (bicyclic) bond motifs is 1. The minimum Gasteiger partial charge on any atom is -0.378 e. The first kappa shape index (κ1) is 15.9. The number of carbonyl (C=O) groups excluding carboxylic acids is 1. The van der Waals surface area contributed by atoms with Crippen LogP contribution in [0.2, 0.25) is 5.02 Å². The maximum Gasteiger partial charge on any atom is 0.224 e. The third kappa shape index (κ3) is 2.93. The molecular weight excluding hydrogens is 308 g/mol. The summed E-state index contributed by atoms with van der Waals surface area (Å²) in [6, 6.07) is 16.2. The van der Waals surface area contributed by atoms with E-state index in [4.69, 9.17) is 11.6 Å². The van der Waals surface area contributed by atoms with Crippen LogP contribution in [0, 0.1) is 5.92 Å². The van der Waals surface area contributed by atoms with Crippen molar-refractivity contribution in [1.29, 1.82) is 0 Å². The average molecular weight is 329 g/mol. The molecule has 23 heavy (non-hydrogen) atoms. The second-order valence-corrected chi connectivity index (χ2v) is 6.61. The Kier molecular flexibility index (Phi) is 4.31. The largest absolute Gasteiger partial charge is 0.378 e. The smallest absolute Gasteiger partial charge is 0.224 e. The summed E-state index contributed by atoms with van der Waals surface area (Å²) in [4.78, 5) is 14.0. The zero-order chi connectivity index (χ0) is 16.6. The van der Waals surface area contributed by atoms with E-state index in [9.17, 15) is 4.79 Å². The highest BCUT2D eigenvalue weighted by molar-refractivity contribution is 6.30. The molecule has 0 radical (unpaired) electrons. The minimum absolute atomic E-state index is 0.0849. The Hall–Kier alpha value is -2.00. The summed E-state index contributed by atoms with van der Waals surface area (Å²) in [5, 5.41) is 4.33. The predicted molar refractivity (Wildman–Crippen MR) is 96.0 cm³/mol. The lowest BCUT2D eigenvalue weighted by Crippen LogP contribution is -2.48. The van der Waals surface area contributed by atoms with Crippen molar-refractivity contribution in [3.05, 3.63) is 59.1 Å².